The molecule has 1 N–H and O–H groups in total. The molecule has 72 valence electrons. The quantitative estimate of drug-likeness (QED) is 0.640. The molecule has 0 aromatic heterocycles. The van der Waals surface area contributed by atoms with Crippen LogP contribution in [0.1, 0.15) is 33.1 Å². The van der Waals surface area contributed by atoms with Gasteiger partial charge in [-0.1, -0.05) is 19.8 Å². The third-order valence-electron chi connectivity index (χ3n) is 2.00. The number of methoxy groups -OCH3 is 1. The van der Waals surface area contributed by atoms with Gasteiger partial charge >= 0.3 is 5.97 Å². The second-order valence-corrected chi connectivity index (χ2v) is 3.02. The number of aliphatic hydroxyl groups excluding tert-OH is 1. The minimum atomic E-state index is -0.558. The van der Waals surface area contributed by atoms with Gasteiger partial charge in [0.2, 0.25) is 0 Å². The van der Waals surface area contributed by atoms with Crippen LogP contribution in [0.3, 0.4) is 0 Å². The maximum Gasteiger partial charge on any atom is 0.311 e. The van der Waals surface area contributed by atoms with Gasteiger partial charge in [0.1, 0.15) is 0 Å². The van der Waals surface area contributed by atoms with E-state index in [4.69, 9.17) is 0 Å². The fraction of sp³-hybridized carbons (Fsp3) is 0.889. The fourth-order valence-corrected chi connectivity index (χ4v) is 1.01. The highest BCUT2D eigenvalue weighted by atomic mass is 16.5. The number of esters is 1. The maximum atomic E-state index is 10.9. The highest BCUT2D eigenvalue weighted by Crippen LogP contribution is 2.11. The van der Waals surface area contributed by atoms with Crippen LogP contribution in [-0.2, 0) is 9.53 Å². The van der Waals surface area contributed by atoms with Crippen molar-refractivity contribution < 1.29 is 14.6 Å². The average Bonchev–Trinajstić information content (AvgIpc) is 2.11. The Labute approximate surface area is 73.7 Å². The van der Waals surface area contributed by atoms with E-state index in [2.05, 4.69) is 11.7 Å². The second kappa shape index (κ2) is 6.00. The molecule has 0 radical (unpaired) electrons. The van der Waals surface area contributed by atoms with Crippen molar-refractivity contribution in [2.75, 3.05) is 7.11 Å². The third-order valence-corrected chi connectivity index (χ3v) is 2.00. The van der Waals surface area contributed by atoms with Gasteiger partial charge in [0.15, 0.2) is 0 Å². The molecule has 12 heavy (non-hydrogen) atoms. The maximum absolute atomic E-state index is 10.9. The summed E-state index contributed by atoms with van der Waals surface area (Å²) in [6, 6.07) is 0. The number of carbonyl (C=O) groups is 1. The van der Waals surface area contributed by atoms with Gasteiger partial charge in [0, 0.05) is 0 Å². The van der Waals surface area contributed by atoms with E-state index in [9.17, 15) is 9.90 Å². The Morgan fingerprint density at radius 3 is 2.58 bits per heavy atom. The first-order valence-electron chi connectivity index (χ1n) is 4.39. The first-order chi connectivity index (χ1) is 5.63. The van der Waals surface area contributed by atoms with E-state index in [1.807, 2.05) is 0 Å². The molecule has 0 heterocycles. The highest BCUT2D eigenvalue weighted by molar-refractivity contribution is 5.72. The van der Waals surface area contributed by atoms with Crippen LogP contribution in [0.15, 0.2) is 0 Å². The van der Waals surface area contributed by atoms with E-state index in [1.54, 1.807) is 6.92 Å². The zero-order chi connectivity index (χ0) is 9.56. The van der Waals surface area contributed by atoms with Crippen molar-refractivity contribution in [2.24, 2.45) is 5.92 Å². The van der Waals surface area contributed by atoms with Crippen molar-refractivity contribution in [3.8, 4) is 0 Å². The highest BCUT2D eigenvalue weighted by Gasteiger charge is 2.21. The number of ether oxygens (including phenoxy) is 1. The topological polar surface area (TPSA) is 46.5 Å². The Balaban J connectivity index is 3.75. The molecule has 0 aliphatic rings. The number of aliphatic hydroxyl groups is 1. The zero-order valence-corrected chi connectivity index (χ0v) is 8.04. The molecule has 0 saturated heterocycles. The smallest absolute Gasteiger partial charge is 0.311 e. The van der Waals surface area contributed by atoms with Gasteiger partial charge in [-0.15, -0.1) is 0 Å². The molecular weight excluding hydrogens is 156 g/mol. The van der Waals surface area contributed by atoms with E-state index >= 15 is 0 Å². The lowest BCUT2D eigenvalue weighted by Gasteiger charge is -2.15. The van der Waals surface area contributed by atoms with Crippen LogP contribution < -0.4 is 0 Å². The van der Waals surface area contributed by atoms with E-state index in [1.165, 1.54) is 7.11 Å². The van der Waals surface area contributed by atoms with Crippen molar-refractivity contribution in [3.05, 3.63) is 0 Å². The predicted octanol–water partition coefficient (Wildman–Crippen LogP) is 1.35. The largest absolute Gasteiger partial charge is 0.469 e. The van der Waals surface area contributed by atoms with E-state index < -0.39 is 12.0 Å². The Morgan fingerprint density at radius 2 is 2.17 bits per heavy atom. The number of rotatable bonds is 5. The molecule has 0 spiro atoms. The summed E-state index contributed by atoms with van der Waals surface area (Å²) in [6.45, 7) is 3.74. The summed E-state index contributed by atoms with van der Waals surface area (Å²) in [4.78, 5) is 10.9. The average molecular weight is 174 g/mol. The van der Waals surface area contributed by atoms with Crippen molar-refractivity contribution in [1.82, 2.24) is 0 Å². The molecule has 3 nitrogen and oxygen atoms in total. The van der Waals surface area contributed by atoms with Gasteiger partial charge in [0.05, 0.1) is 19.1 Å². The normalized spacial score (nSPS) is 15.3. The summed E-state index contributed by atoms with van der Waals surface area (Å²) in [5.41, 5.74) is 0. The van der Waals surface area contributed by atoms with Crippen molar-refractivity contribution in [2.45, 2.75) is 39.2 Å². The fourth-order valence-electron chi connectivity index (χ4n) is 1.01. The molecule has 0 rings (SSSR count). The van der Waals surface area contributed by atoms with Gasteiger partial charge < -0.3 is 9.84 Å². The summed E-state index contributed by atoms with van der Waals surface area (Å²) in [6.07, 6.45) is 2.10. The van der Waals surface area contributed by atoms with Gasteiger partial charge in [-0.25, -0.2) is 0 Å². The molecule has 0 unspecified atom stereocenters. The van der Waals surface area contributed by atoms with Crippen molar-refractivity contribution in [1.29, 1.82) is 0 Å². The van der Waals surface area contributed by atoms with E-state index in [-0.39, 0.29) is 5.97 Å². The number of carbonyl (C=O) groups excluding carboxylic acids is 1. The molecular formula is C9H18O3. The van der Waals surface area contributed by atoms with Crippen LogP contribution in [0.25, 0.3) is 0 Å². The monoisotopic (exact) mass is 174 g/mol. The lowest BCUT2D eigenvalue weighted by atomic mass is 10.00. The van der Waals surface area contributed by atoms with Crippen molar-refractivity contribution in [3.63, 3.8) is 0 Å². The first kappa shape index (κ1) is 11.4. The predicted molar refractivity (Wildman–Crippen MR) is 46.7 cm³/mol. The minimum absolute atomic E-state index is 0.335. The molecule has 0 amide bonds. The van der Waals surface area contributed by atoms with Crippen LogP contribution in [-0.4, -0.2) is 24.3 Å². The third kappa shape index (κ3) is 3.72. The van der Waals surface area contributed by atoms with Gasteiger partial charge in [-0.2, -0.15) is 0 Å². The number of unbranched alkanes of at least 4 members (excludes halogenated alkanes) is 1. The number of hydrogen-bond acceptors (Lipinski definition) is 3. The second-order valence-electron chi connectivity index (χ2n) is 3.02. The minimum Gasteiger partial charge on any atom is -0.469 e. The molecule has 0 aromatic carbocycles. The summed E-state index contributed by atoms with van der Waals surface area (Å²) >= 11 is 0. The van der Waals surface area contributed by atoms with Crippen LogP contribution in [0.4, 0.5) is 0 Å². The molecule has 0 fully saturated rings. The molecule has 0 aliphatic carbocycles. The summed E-state index contributed by atoms with van der Waals surface area (Å²) in [5.74, 6) is -0.736. The zero-order valence-electron chi connectivity index (χ0n) is 8.04. The standard InChI is InChI=1S/C9H18O3/c1-4-5-6-8(10)7(2)9(11)12-3/h7-8,10H,4-6H2,1-3H3/t7-,8-/m1/s1. The summed E-state index contributed by atoms with van der Waals surface area (Å²) in [5, 5.41) is 9.45. The molecule has 3 heteroatoms. The van der Waals surface area contributed by atoms with Gasteiger partial charge in [-0.3, -0.25) is 4.79 Å². The van der Waals surface area contributed by atoms with Crippen molar-refractivity contribution >= 4 is 5.97 Å². The van der Waals surface area contributed by atoms with Crippen LogP contribution in [0, 0.1) is 5.92 Å². The SMILES string of the molecule is CCCC[C@@H](O)[C@@H](C)C(=O)OC. The van der Waals surface area contributed by atoms with Crippen LogP contribution in [0.2, 0.25) is 0 Å². The van der Waals surface area contributed by atoms with E-state index in [0.29, 0.717) is 6.42 Å². The summed E-state index contributed by atoms with van der Waals surface area (Å²) < 4.78 is 4.51. The lowest BCUT2D eigenvalue weighted by molar-refractivity contribution is -0.148. The van der Waals surface area contributed by atoms with E-state index in [0.717, 1.165) is 12.8 Å². The molecule has 0 aliphatic heterocycles. The lowest BCUT2D eigenvalue weighted by Crippen LogP contribution is -2.26. The molecule has 0 bridgehead atoms. The van der Waals surface area contributed by atoms with Crippen LogP contribution in [0.5, 0.6) is 0 Å². The first-order valence-corrected chi connectivity index (χ1v) is 4.39. The molecule has 2 atom stereocenters. The molecule has 0 saturated carbocycles. The van der Waals surface area contributed by atoms with Gasteiger partial charge in [-0.05, 0) is 13.3 Å². The van der Waals surface area contributed by atoms with Gasteiger partial charge in [0.25, 0.3) is 0 Å². The summed E-state index contributed by atoms with van der Waals surface area (Å²) in [7, 11) is 1.34. The molecule has 0 aromatic rings. The Morgan fingerprint density at radius 1 is 1.58 bits per heavy atom. The Kier molecular flexibility index (Phi) is 5.72. The Bertz CT molecular complexity index is 134. The Hall–Kier alpha value is -0.570. The van der Waals surface area contributed by atoms with Crippen LogP contribution >= 0.6 is 0 Å². The number of hydrogen-bond donors (Lipinski definition) is 1.